The Balaban J connectivity index is 1.69. The van der Waals surface area contributed by atoms with Gasteiger partial charge in [-0.05, 0) is 48.9 Å². The molecule has 4 rings (SSSR count). The second-order valence-corrected chi connectivity index (χ2v) is 7.61. The van der Waals surface area contributed by atoms with E-state index < -0.39 is 17.8 Å². The summed E-state index contributed by atoms with van der Waals surface area (Å²) in [6, 6.07) is 20.9. The van der Waals surface area contributed by atoms with Crippen molar-refractivity contribution in [1.29, 1.82) is 0 Å². The number of benzene rings is 2. The third kappa shape index (κ3) is 4.64. The Morgan fingerprint density at radius 2 is 1.70 bits per heavy atom. The first-order valence-corrected chi connectivity index (χ1v) is 10.2. The fourth-order valence-corrected chi connectivity index (χ4v) is 3.72. The molecule has 33 heavy (non-hydrogen) atoms. The second kappa shape index (κ2) is 8.90. The maximum atomic E-state index is 13.4. The van der Waals surface area contributed by atoms with E-state index in [1.54, 1.807) is 32.3 Å². The first-order valence-electron chi connectivity index (χ1n) is 10.2. The van der Waals surface area contributed by atoms with Crippen LogP contribution in [0.1, 0.15) is 39.0 Å². The van der Waals surface area contributed by atoms with Crippen LogP contribution in [-0.4, -0.2) is 32.6 Å². The summed E-state index contributed by atoms with van der Waals surface area (Å²) in [6.45, 7) is 1.69. The minimum atomic E-state index is -4.47. The fourth-order valence-electron chi connectivity index (χ4n) is 3.72. The number of alkyl halides is 3. The highest BCUT2D eigenvalue weighted by atomic mass is 19.4. The number of pyridine rings is 1. The molecule has 0 bridgehead atoms. The predicted molar refractivity (Wildman–Crippen MR) is 118 cm³/mol. The highest BCUT2D eigenvalue weighted by Crippen LogP contribution is 2.31. The lowest BCUT2D eigenvalue weighted by Gasteiger charge is -2.27. The van der Waals surface area contributed by atoms with Gasteiger partial charge in [0.25, 0.3) is 5.91 Å². The van der Waals surface area contributed by atoms with Crippen molar-refractivity contribution in [3.05, 3.63) is 113 Å². The highest BCUT2D eigenvalue weighted by molar-refractivity contribution is 5.92. The van der Waals surface area contributed by atoms with E-state index in [0.29, 0.717) is 11.4 Å². The van der Waals surface area contributed by atoms with Crippen molar-refractivity contribution in [2.24, 2.45) is 0 Å². The minimum absolute atomic E-state index is 0.129. The van der Waals surface area contributed by atoms with Crippen molar-refractivity contribution >= 4 is 5.91 Å². The normalized spacial score (nSPS) is 12.4. The van der Waals surface area contributed by atoms with Gasteiger partial charge in [0.1, 0.15) is 0 Å². The predicted octanol–water partition coefficient (Wildman–Crippen LogP) is 5.46. The number of carbonyl (C=O) groups is 1. The van der Waals surface area contributed by atoms with E-state index in [1.807, 2.05) is 42.5 Å². The van der Waals surface area contributed by atoms with Gasteiger partial charge < -0.3 is 4.90 Å². The van der Waals surface area contributed by atoms with E-state index in [1.165, 1.54) is 21.7 Å². The molecule has 0 saturated carbocycles. The average molecular weight is 450 g/mol. The Morgan fingerprint density at radius 1 is 0.970 bits per heavy atom. The molecule has 0 N–H and O–H groups in total. The van der Waals surface area contributed by atoms with Crippen LogP contribution in [0.3, 0.4) is 0 Å². The Labute approximate surface area is 189 Å². The molecule has 0 radical (unpaired) electrons. The molecule has 4 aromatic rings. The van der Waals surface area contributed by atoms with Crippen LogP contribution >= 0.6 is 0 Å². The van der Waals surface area contributed by atoms with Crippen LogP contribution in [0.4, 0.5) is 13.2 Å². The lowest BCUT2D eigenvalue weighted by atomic mass is 10.0. The number of rotatable bonds is 5. The number of halogens is 3. The van der Waals surface area contributed by atoms with Gasteiger partial charge in [-0.25, -0.2) is 4.68 Å². The van der Waals surface area contributed by atoms with Gasteiger partial charge in [-0.1, -0.05) is 42.5 Å². The third-order valence-corrected chi connectivity index (χ3v) is 5.32. The molecule has 0 aliphatic carbocycles. The van der Waals surface area contributed by atoms with Gasteiger partial charge in [-0.15, -0.1) is 0 Å². The number of aromatic nitrogens is 3. The number of nitrogens with zero attached hydrogens (tertiary/aromatic N) is 4. The smallest absolute Gasteiger partial charge is 0.328 e. The summed E-state index contributed by atoms with van der Waals surface area (Å²) in [5.74, 6) is -0.372. The lowest BCUT2D eigenvalue weighted by molar-refractivity contribution is -0.137. The van der Waals surface area contributed by atoms with Crippen molar-refractivity contribution in [1.82, 2.24) is 19.7 Å². The maximum absolute atomic E-state index is 13.4. The largest absolute Gasteiger partial charge is 0.416 e. The van der Waals surface area contributed by atoms with Gasteiger partial charge in [-0.2, -0.15) is 18.3 Å². The molecule has 2 aromatic heterocycles. The molecule has 0 spiro atoms. The van der Waals surface area contributed by atoms with E-state index in [-0.39, 0.29) is 17.3 Å². The van der Waals surface area contributed by atoms with Crippen LogP contribution in [0.15, 0.2) is 85.1 Å². The second-order valence-electron chi connectivity index (χ2n) is 7.61. The molecule has 168 valence electrons. The van der Waals surface area contributed by atoms with Crippen LogP contribution in [0, 0.1) is 6.92 Å². The summed E-state index contributed by atoms with van der Waals surface area (Å²) in [5, 5.41) is 4.33. The highest BCUT2D eigenvalue weighted by Gasteiger charge is 2.31. The SMILES string of the molecule is Cc1cc(C(=O)N(C)C(c2ccccc2)c2ccccn2)nn1-c1cccc(C(F)(F)F)c1. The van der Waals surface area contributed by atoms with E-state index in [9.17, 15) is 18.0 Å². The number of aryl methyl sites for hydroxylation is 1. The van der Waals surface area contributed by atoms with Gasteiger partial charge in [-0.3, -0.25) is 9.78 Å². The lowest BCUT2D eigenvalue weighted by Crippen LogP contribution is -2.32. The molecule has 0 aliphatic rings. The Kier molecular flexibility index (Phi) is 6.00. The van der Waals surface area contributed by atoms with Gasteiger partial charge in [0.2, 0.25) is 0 Å². The average Bonchev–Trinajstić information content (AvgIpc) is 3.21. The monoisotopic (exact) mass is 450 g/mol. The number of carbonyl (C=O) groups excluding carboxylic acids is 1. The van der Waals surface area contributed by atoms with Crippen molar-refractivity contribution in [3.63, 3.8) is 0 Å². The standard InChI is InChI=1S/C25H21F3N4O/c1-17-15-22(30-32(17)20-12-8-11-19(16-20)25(26,27)28)24(33)31(2)23(18-9-4-3-5-10-18)21-13-6-7-14-29-21/h3-16,23H,1-2H3. The van der Waals surface area contributed by atoms with Crippen molar-refractivity contribution in [2.75, 3.05) is 7.05 Å². The topological polar surface area (TPSA) is 51.0 Å². The summed E-state index contributed by atoms with van der Waals surface area (Å²) in [4.78, 5) is 19.4. The van der Waals surface area contributed by atoms with E-state index >= 15 is 0 Å². The van der Waals surface area contributed by atoms with Crippen LogP contribution in [0.25, 0.3) is 5.69 Å². The minimum Gasteiger partial charge on any atom is -0.328 e. The van der Waals surface area contributed by atoms with Crippen LogP contribution in [0.5, 0.6) is 0 Å². The Hall–Kier alpha value is -3.94. The van der Waals surface area contributed by atoms with Crippen molar-refractivity contribution < 1.29 is 18.0 Å². The molecule has 1 atom stereocenters. The van der Waals surface area contributed by atoms with Gasteiger partial charge in [0.15, 0.2) is 5.69 Å². The number of amides is 1. The third-order valence-electron chi connectivity index (χ3n) is 5.32. The van der Waals surface area contributed by atoms with Gasteiger partial charge >= 0.3 is 6.18 Å². The van der Waals surface area contributed by atoms with Gasteiger partial charge in [0, 0.05) is 18.9 Å². The van der Waals surface area contributed by atoms with Crippen LogP contribution in [-0.2, 0) is 6.18 Å². The molecule has 0 fully saturated rings. The summed E-state index contributed by atoms with van der Waals surface area (Å²) >= 11 is 0. The molecule has 0 aliphatic heterocycles. The number of hydrogen-bond acceptors (Lipinski definition) is 3. The van der Waals surface area contributed by atoms with Crippen LogP contribution in [0.2, 0.25) is 0 Å². The van der Waals surface area contributed by atoms with Gasteiger partial charge in [0.05, 0.1) is 23.0 Å². The van der Waals surface area contributed by atoms with Crippen LogP contribution < -0.4 is 0 Å². The van der Waals surface area contributed by atoms with E-state index in [0.717, 1.165) is 17.7 Å². The zero-order chi connectivity index (χ0) is 23.6. The van der Waals surface area contributed by atoms with Crippen molar-refractivity contribution in [2.45, 2.75) is 19.1 Å². The summed E-state index contributed by atoms with van der Waals surface area (Å²) in [7, 11) is 1.66. The summed E-state index contributed by atoms with van der Waals surface area (Å²) in [5.41, 5.74) is 1.69. The van der Waals surface area contributed by atoms with E-state index in [2.05, 4.69) is 10.1 Å². The fraction of sp³-hybridized carbons (Fsp3) is 0.160. The molecule has 5 nitrogen and oxygen atoms in total. The molecule has 8 heteroatoms. The summed E-state index contributed by atoms with van der Waals surface area (Å²) in [6.07, 6.45) is -2.81. The molecule has 1 amide bonds. The first kappa shape index (κ1) is 22.3. The molecular weight excluding hydrogens is 429 g/mol. The first-order chi connectivity index (χ1) is 15.8. The summed E-state index contributed by atoms with van der Waals surface area (Å²) < 4.78 is 40.8. The zero-order valence-electron chi connectivity index (χ0n) is 18.0. The Bertz CT molecular complexity index is 1210. The maximum Gasteiger partial charge on any atom is 0.416 e. The zero-order valence-corrected chi connectivity index (χ0v) is 18.0. The Morgan fingerprint density at radius 3 is 2.36 bits per heavy atom. The number of hydrogen-bond donors (Lipinski definition) is 0. The molecule has 2 aromatic carbocycles. The molecular formula is C25H21F3N4O. The van der Waals surface area contributed by atoms with Crippen molar-refractivity contribution in [3.8, 4) is 5.69 Å². The molecule has 2 heterocycles. The molecule has 0 saturated heterocycles. The quantitative estimate of drug-likeness (QED) is 0.406. The van der Waals surface area contributed by atoms with E-state index in [4.69, 9.17) is 0 Å². The molecule has 1 unspecified atom stereocenters.